The van der Waals surface area contributed by atoms with Crippen molar-refractivity contribution >= 4 is 11.6 Å². The van der Waals surface area contributed by atoms with Crippen molar-refractivity contribution < 1.29 is 13.9 Å². The minimum Gasteiger partial charge on any atom is -0.372 e. The van der Waals surface area contributed by atoms with Gasteiger partial charge in [-0.1, -0.05) is 6.07 Å². The van der Waals surface area contributed by atoms with Crippen molar-refractivity contribution in [3.63, 3.8) is 0 Å². The van der Waals surface area contributed by atoms with E-state index in [0.29, 0.717) is 38.4 Å². The fraction of sp³-hybridized carbons (Fsp3) is 0.375. The molecule has 0 aliphatic carbocycles. The minimum atomic E-state index is -0.468. The molecule has 0 bridgehead atoms. The van der Waals surface area contributed by atoms with E-state index in [9.17, 15) is 9.18 Å². The molecule has 3 aromatic rings. The van der Waals surface area contributed by atoms with Gasteiger partial charge in [-0.25, -0.2) is 18.9 Å². The zero-order valence-corrected chi connectivity index (χ0v) is 18.6. The Morgan fingerprint density at radius 1 is 1.21 bits per heavy atom. The lowest BCUT2D eigenvalue weighted by atomic mass is 9.95. The fourth-order valence-corrected chi connectivity index (χ4v) is 4.53. The molecule has 2 aromatic heterocycles. The van der Waals surface area contributed by atoms with Gasteiger partial charge < -0.3 is 9.64 Å². The van der Waals surface area contributed by atoms with Gasteiger partial charge in [-0.15, -0.1) is 0 Å². The average molecular weight is 462 g/mol. The Morgan fingerprint density at radius 3 is 2.76 bits per heavy atom. The van der Waals surface area contributed by atoms with E-state index >= 15 is 0 Å². The molecule has 10 heteroatoms. The Morgan fingerprint density at radius 2 is 2.06 bits per heavy atom. The molecule has 0 saturated carbocycles. The van der Waals surface area contributed by atoms with Crippen molar-refractivity contribution in [2.45, 2.75) is 18.9 Å². The second-order valence-electron chi connectivity index (χ2n) is 8.39. The van der Waals surface area contributed by atoms with E-state index in [2.05, 4.69) is 24.8 Å². The maximum absolute atomic E-state index is 14.0. The first-order valence-corrected chi connectivity index (χ1v) is 11.2. The topological polar surface area (TPSA) is 80.7 Å². The van der Waals surface area contributed by atoms with Gasteiger partial charge in [0.1, 0.15) is 18.5 Å². The van der Waals surface area contributed by atoms with Crippen molar-refractivity contribution in [3.8, 4) is 5.69 Å². The number of nitrogens with zero attached hydrogens (tertiary/aromatic N) is 7. The summed E-state index contributed by atoms with van der Waals surface area (Å²) in [6.07, 6.45) is 5.35. The van der Waals surface area contributed by atoms with E-state index < -0.39 is 5.82 Å². The fourth-order valence-electron chi connectivity index (χ4n) is 4.53. The summed E-state index contributed by atoms with van der Waals surface area (Å²) in [7, 11) is 0. The van der Waals surface area contributed by atoms with Crippen LogP contribution in [0.4, 0.5) is 10.1 Å². The number of hydrogen-bond acceptors (Lipinski definition) is 6. The molecule has 0 spiro atoms. The first-order valence-electron chi connectivity index (χ1n) is 11.2. The Labute approximate surface area is 196 Å². The van der Waals surface area contributed by atoms with Gasteiger partial charge in [-0.2, -0.15) is 5.10 Å². The van der Waals surface area contributed by atoms with Crippen LogP contribution in [0.3, 0.4) is 0 Å². The lowest BCUT2D eigenvalue weighted by Crippen LogP contribution is -2.50. The van der Waals surface area contributed by atoms with Crippen molar-refractivity contribution in [1.29, 1.82) is 0 Å². The third-order valence-corrected chi connectivity index (χ3v) is 6.37. The summed E-state index contributed by atoms with van der Waals surface area (Å²) in [5, 5.41) is 4.07. The molecule has 1 aromatic carbocycles. The summed E-state index contributed by atoms with van der Waals surface area (Å²) >= 11 is 0. The number of ether oxygens (including phenoxy) is 1. The highest BCUT2D eigenvalue weighted by Crippen LogP contribution is 2.36. The van der Waals surface area contributed by atoms with Gasteiger partial charge in [-0.05, 0) is 35.7 Å². The molecule has 2 aliphatic rings. The van der Waals surface area contributed by atoms with E-state index in [1.54, 1.807) is 23.3 Å². The molecule has 1 unspecified atom stereocenters. The third kappa shape index (κ3) is 4.53. The lowest BCUT2D eigenvalue weighted by molar-refractivity contribution is -0.132. The second kappa shape index (κ2) is 9.67. The number of halogens is 1. The van der Waals surface area contributed by atoms with E-state index in [1.807, 2.05) is 17.0 Å². The smallest absolute Gasteiger partial charge is 0.228 e. The Kier molecular flexibility index (Phi) is 6.29. The van der Waals surface area contributed by atoms with Gasteiger partial charge >= 0.3 is 0 Å². The number of carbonyl (C=O) groups is 1. The maximum Gasteiger partial charge on any atom is 0.228 e. The van der Waals surface area contributed by atoms with Crippen LogP contribution in [0.1, 0.15) is 22.9 Å². The Hall–Kier alpha value is -3.68. The summed E-state index contributed by atoms with van der Waals surface area (Å²) in [4.78, 5) is 28.6. The third-order valence-electron chi connectivity index (χ3n) is 6.37. The van der Waals surface area contributed by atoms with E-state index in [4.69, 9.17) is 11.3 Å². The summed E-state index contributed by atoms with van der Waals surface area (Å²) in [5.41, 5.74) is 3.29. The SMILES string of the molecule is [C-]#[N+]c1c(F)ccc2c1CCOC2CN1CCN(C(=O)Cc2ccc(-n3cncn3)cn2)CC1. The number of piperazine rings is 1. The second-order valence-corrected chi connectivity index (χ2v) is 8.39. The molecule has 1 amide bonds. The van der Waals surface area contributed by atoms with E-state index in [-0.39, 0.29) is 24.1 Å². The van der Waals surface area contributed by atoms with Gasteiger partial charge in [-0.3, -0.25) is 14.7 Å². The first-order chi connectivity index (χ1) is 16.6. The predicted octanol–water partition coefficient (Wildman–Crippen LogP) is 2.35. The highest BCUT2D eigenvalue weighted by molar-refractivity contribution is 5.78. The van der Waals surface area contributed by atoms with Crippen LogP contribution in [0.2, 0.25) is 0 Å². The number of pyridine rings is 1. The Balaban J connectivity index is 1.15. The summed E-state index contributed by atoms with van der Waals surface area (Å²) in [5.74, 6) is -0.416. The molecule has 5 rings (SSSR count). The van der Waals surface area contributed by atoms with Crippen LogP contribution in [-0.4, -0.2) is 74.8 Å². The van der Waals surface area contributed by atoms with E-state index in [0.717, 1.165) is 29.9 Å². The van der Waals surface area contributed by atoms with Crippen molar-refractivity contribution in [3.05, 3.63) is 77.2 Å². The minimum absolute atomic E-state index is 0.0529. The van der Waals surface area contributed by atoms with Crippen LogP contribution in [0.25, 0.3) is 10.5 Å². The molecule has 1 saturated heterocycles. The molecule has 1 fully saturated rings. The van der Waals surface area contributed by atoms with Crippen molar-refractivity contribution in [1.82, 2.24) is 29.5 Å². The van der Waals surface area contributed by atoms with Crippen LogP contribution in [0.5, 0.6) is 0 Å². The zero-order valence-electron chi connectivity index (χ0n) is 18.6. The summed E-state index contributed by atoms with van der Waals surface area (Å²) in [6.45, 7) is 11.2. The van der Waals surface area contributed by atoms with Gasteiger partial charge in [0.2, 0.25) is 11.6 Å². The number of amides is 1. The normalized spacial score (nSPS) is 18.4. The molecule has 4 heterocycles. The van der Waals surface area contributed by atoms with Crippen LogP contribution in [0, 0.1) is 12.4 Å². The van der Waals surface area contributed by atoms with Gasteiger partial charge in [0.05, 0.1) is 37.6 Å². The molecule has 2 aliphatic heterocycles. The van der Waals surface area contributed by atoms with Crippen molar-refractivity contribution in [2.24, 2.45) is 0 Å². The largest absolute Gasteiger partial charge is 0.372 e. The first kappa shape index (κ1) is 22.1. The molecule has 0 radical (unpaired) electrons. The molecule has 1 atom stereocenters. The highest BCUT2D eigenvalue weighted by Gasteiger charge is 2.29. The van der Waals surface area contributed by atoms with Crippen LogP contribution < -0.4 is 0 Å². The molecule has 0 N–H and O–H groups in total. The lowest BCUT2D eigenvalue weighted by Gasteiger charge is -2.37. The predicted molar refractivity (Wildman–Crippen MR) is 121 cm³/mol. The maximum atomic E-state index is 14.0. The van der Waals surface area contributed by atoms with Gasteiger partial charge in [0.25, 0.3) is 0 Å². The molecule has 174 valence electrons. The summed E-state index contributed by atoms with van der Waals surface area (Å²) < 4.78 is 21.6. The highest BCUT2D eigenvalue weighted by atomic mass is 19.1. The molecular formula is C24H24FN7O2. The number of fused-ring (bicyclic) bond motifs is 1. The number of hydrogen-bond donors (Lipinski definition) is 0. The monoisotopic (exact) mass is 461 g/mol. The van der Waals surface area contributed by atoms with Crippen molar-refractivity contribution in [2.75, 3.05) is 39.3 Å². The number of rotatable bonds is 5. The Bertz CT molecular complexity index is 1200. The number of benzene rings is 1. The quantitative estimate of drug-likeness (QED) is 0.543. The van der Waals surface area contributed by atoms with Crippen LogP contribution >= 0.6 is 0 Å². The van der Waals surface area contributed by atoms with Gasteiger partial charge in [0.15, 0.2) is 0 Å². The van der Waals surface area contributed by atoms with Crippen LogP contribution in [0.15, 0.2) is 43.1 Å². The molecule has 34 heavy (non-hydrogen) atoms. The summed E-state index contributed by atoms with van der Waals surface area (Å²) in [6, 6.07) is 6.81. The van der Waals surface area contributed by atoms with Crippen LogP contribution in [-0.2, 0) is 22.4 Å². The number of aromatic nitrogens is 4. The zero-order chi connectivity index (χ0) is 23.5. The average Bonchev–Trinajstić information content (AvgIpc) is 3.40. The standard InChI is InChI=1S/C24H24FN7O2/c1-26-24-20-6-11-34-22(19(20)4-5-21(24)25)14-30-7-9-31(10-8-30)23(33)12-17-2-3-18(13-28-17)32-16-27-15-29-32/h2-5,13,15-16,22H,6-12,14H2. The number of carbonyl (C=O) groups excluding carboxylic acids is 1. The van der Waals surface area contributed by atoms with E-state index in [1.165, 1.54) is 12.4 Å². The molecule has 9 nitrogen and oxygen atoms in total. The molecular weight excluding hydrogens is 437 g/mol. The van der Waals surface area contributed by atoms with Gasteiger partial charge in [0, 0.05) is 38.4 Å².